The molecule has 1 fully saturated rings. The van der Waals surface area contributed by atoms with Crippen LogP contribution in [-0.4, -0.2) is 55.3 Å². The van der Waals surface area contributed by atoms with Gasteiger partial charge in [0.05, 0.1) is 12.3 Å². The van der Waals surface area contributed by atoms with Crippen LogP contribution in [-0.2, 0) is 14.8 Å². The first-order valence-electron chi connectivity index (χ1n) is 6.33. The highest BCUT2D eigenvalue weighted by Gasteiger charge is 2.35. The SMILES string of the molecule is C=C(C)CS(=O)(=O)NC1CC(N(CC)CC(=O)O)C1. The summed E-state index contributed by atoms with van der Waals surface area (Å²) < 4.78 is 26.0. The number of nitrogens with zero attached hydrogens (tertiary/aromatic N) is 1. The Morgan fingerprint density at radius 3 is 2.47 bits per heavy atom. The molecule has 1 saturated carbocycles. The second kappa shape index (κ2) is 6.49. The Hall–Kier alpha value is -0.920. The van der Waals surface area contributed by atoms with Gasteiger partial charge < -0.3 is 5.11 Å². The van der Waals surface area contributed by atoms with E-state index in [1.54, 1.807) is 6.92 Å². The molecule has 19 heavy (non-hydrogen) atoms. The van der Waals surface area contributed by atoms with Crippen molar-refractivity contribution in [2.75, 3.05) is 18.8 Å². The van der Waals surface area contributed by atoms with E-state index < -0.39 is 16.0 Å². The maximum absolute atomic E-state index is 11.7. The summed E-state index contributed by atoms with van der Waals surface area (Å²) in [5.74, 6) is -0.908. The van der Waals surface area contributed by atoms with Crippen molar-refractivity contribution in [2.45, 2.75) is 38.8 Å². The Balaban J connectivity index is 2.41. The van der Waals surface area contributed by atoms with E-state index >= 15 is 0 Å². The number of hydrogen-bond acceptors (Lipinski definition) is 4. The van der Waals surface area contributed by atoms with Gasteiger partial charge in [-0.3, -0.25) is 9.69 Å². The fraction of sp³-hybridized carbons (Fsp3) is 0.750. The molecular formula is C12H22N2O4S. The molecule has 0 unspecified atom stereocenters. The molecule has 6 nitrogen and oxygen atoms in total. The van der Waals surface area contributed by atoms with Crippen molar-refractivity contribution in [1.29, 1.82) is 0 Å². The van der Waals surface area contributed by atoms with Gasteiger partial charge in [-0.25, -0.2) is 13.1 Å². The quantitative estimate of drug-likeness (QED) is 0.633. The van der Waals surface area contributed by atoms with Crippen LogP contribution in [0.25, 0.3) is 0 Å². The average Bonchev–Trinajstić information content (AvgIpc) is 2.17. The predicted molar refractivity (Wildman–Crippen MR) is 73.4 cm³/mol. The van der Waals surface area contributed by atoms with Gasteiger partial charge in [-0.15, -0.1) is 0 Å². The molecule has 0 spiro atoms. The third-order valence-electron chi connectivity index (χ3n) is 3.16. The van der Waals surface area contributed by atoms with Crippen LogP contribution in [0.15, 0.2) is 12.2 Å². The third-order valence-corrected chi connectivity index (χ3v) is 4.72. The molecule has 110 valence electrons. The lowest BCUT2D eigenvalue weighted by molar-refractivity contribution is -0.139. The minimum atomic E-state index is -3.30. The molecule has 0 aromatic rings. The van der Waals surface area contributed by atoms with Crippen LogP contribution in [0.5, 0.6) is 0 Å². The molecule has 0 bridgehead atoms. The Labute approximate surface area is 114 Å². The van der Waals surface area contributed by atoms with Gasteiger partial charge in [0.2, 0.25) is 10.0 Å². The lowest BCUT2D eigenvalue weighted by atomic mass is 9.86. The monoisotopic (exact) mass is 290 g/mol. The van der Waals surface area contributed by atoms with Crippen LogP contribution in [0.2, 0.25) is 0 Å². The van der Waals surface area contributed by atoms with Gasteiger partial charge in [-0.1, -0.05) is 19.1 Å². The van der Waals surface area contributed by atoms with Gasteiger partial charge in [0, 0.05) is 12.1 Å². The van der Waals surface area contributed by atoms with Gasteiger partial charge in [0.15, 0.2) is 0 Å². The van der Waals surface area contributed by atoms with E-state index in [-0.39, 0.29) is 24.4 Å². The molecule has 0 heterocycles. The van der Waals surface area contributed by atoms with Crippen molar-refractivity contribution in [3.63, 3.8) is 0 Å². The van der Waals surface area contributed by atoms with E-state index in [1.807, 2.05) is 11.8 Å². The van der Waals surface area contributed by atoms with Crippen molar-refractivity contribution in [1.82, 2.24) is 9.62 Å². The zero-order chi connectivity index (χ0) is 14.6. The van der Waals surface area contributed by atoms with Crippen molar-refractivity contribution < 1.29 is 18.3 Å². The first kappa shape index (κ1) is 16.1. The zero-order valence-corrected chi connectivity index (χ0v) is 12.2. The second-order valence-electron chi connectivity index (χ2n) is 5.11. The van der Waals surface area contributed by atoms with Gasteiger partial charge in [0.1, 0.15) is 0 Å². The van der Waals surface area contributed by atoms with Crippen LogP contribution in [0.3, 0.4) is 0 Å². The molecule has 1 aliphatic carbocycles. The number of hydrogen-bond donors (Lipinski definition) is 2. The van der Waals surface area contributed by atoms with E-state index in [0.717, 1.165) is 0 Å². The maximum atomic E-state index is 11.7. The minimum Gasteiger partial charge on any atom is -0.480 e. The number of carboxylic acids is 1. The summed E-state index contributed by atoms with van der Waals surface area (Å²) in [6, 6.07) is 0.0656. The molecule has 7 heteroatoms. The highest BCUT2D eigenvalue weighted by atomic mass is 32.2. The molecule has 0 aliphatic heterocycles. The molecule has 0 radical (unpaired) electrons. The third kappa shape index (κ3) is 5.30. The van der Waals surface area contributed by atoms with Crippen molar-refractivity contribution in [2.24, 2.45) is 0 Å². The predicted octanol–water partition coefficient (Wildman–Crippen LogP) is 0.419. The molecule has 1 aliphatic rings. The van der Waals surface area contributed by atoms with Crippen molar-refractivity contribution in [3.8, 4) is 0 Å². The highest BCUT2D eigenvalue weighted by molar-refractivity contribution is 7.89. The molecule has 2 N–H and O–H groups in total. The molecule has 0 amide bonds. The normalized spacial score (nSPS) is 23.1. The summed E-state index contributed by atoms with van der Waals surface area (Å²) in [5, 5.41) is 8.77. The average molecular weight is 290 g/mol. The van der Waals surface area contributed by atoms with E-state index in [0.29, 0.717) is 25.0 Å². The summed E-state index contributed by atoms with van der Waals surface area (Å²) in [6.45, 7) is 7.83. The van der Waals surface area contributed by atoms with E-state index in [2.05, 4.69) is 11.3 Å². The van der Waals surface area contributed by atoms with Crippen LogP contribution < -0.4 is 4.72 Å². The maximum Gasteiger partial charge on any atom is 0.317 e. The fourth-order valence-corrected chi connectivity index (χ4v) is 3.71. The standard InChI is InChI=1S/C12H22N2O4S/c1-4-14(7-12(15)16)11-5-10(6-11)13-19(17,18)8-9(2)3/h10-11,13H,2,4-8H2,1,3H3,(H,15,16). The molecule has 0 aromatic carbocycles. The molecule has 0 atom stereocenters. The number of aliphatic carboxylic acids is 1. The summed E-state index contributed by atoms with van der Waals surface area (Å²) in [6.07, 6.45) is 1.33. The summed E-state index contributed by atoms with van der Waals surface area (Å²) in [7, 11) is -3.30. The smallest absolute Gasteiger partial charge is 0.317 e. The number of sulfonamides is 1. The van der Waals surface area contributed by atoms with Crippen LogP contribution in [0.1, 0.15) is 26.7 Å². The first-order valence-corrected chi connectivity index (χ1v) is 7.99. The van der Waals surface area contributed by atoms with Gasteiger partial charge in [0.25, 0.3) is 0 Å². The zero-order valence-electron chi connectivity index (χ0n) is 11.4. The molecule has 1 rings (SSSR count). The first-order chi connectivity index (χ1) is 8.73. The minimum absolute atomic E-state index is 0.00635. The lowest BCUT2D eigenvalue weighted by Crippen LogP contribution is -2.55. The Kier molecular flexibility index (Phi) is 5.51. The van der Waals surface area contributed by atoms with E-state index in [9.17, 15) is 13.2 Å². The number of carbonyl (C=O) groups is 1. The fourth-order valence-electron chi connectivity index (χ4n) is 2.28. The number of likely N-dealkylation sites (N-methyl/N-ethyl adjacent to an activating group) is 1. The Bertz CT molecular complexity index is 441. The van der Waals surface area contributed by atoms with Gasteiger partial charge >= 0.3 is 5.97 Å². The van der Waals surface area contributed by atoms with Crippen LogP contribution >= 0.6 is 0 Å². The topological polar surface area (TPSA) is 86.7 Å². The Morgan fingerprint density at radius 1 is 1.47 bits per heavy atom. The van der Waals surface area contributed by atoms with Gasteiger partial charge in [-0.05, 0) is 26.3 Å². The van der Waals surface area contributed by atoms with E-state index in [4.69, 9.17) is 5.11 Å². The highest BCUT2D eigenvalue weighted by Crippen LogP contribution is 2.26. The van der Waals surface area contributed by atoms with Crippen LogP contribution in [0.4, 0.5) is 0 Å². The Morgan fingerprint density at radius 2 is 2.05 bits per heavy atom. The summed E-state index contributed by atoms with van der Waals surface area (Å²) >= 11 is 0. The van der Waals surface area contributed by atoms with Crippen molar-refractivity contribution >= 4 is 16.0 Å². The molecule has 0 aromatic heterocycles. The second-order valence-corrected chi connectivity index (χ2v) is 6.87. The molecular weight excluding hydrogens is 268 g/mol. The van der Waals surface area contributed by atoms with E-state index in [1.165, 1.54) is 0 Å². The number of carboxylic acid groups (broad SMARTS) is 1. The number of rotatable bonds is 8. The summed E-state index contributed by atoms with van der Waals surface area (Å²) in [5.41, 5.74) is 0.601. The molecule has 0 saturated heterocycles. The largest absolute Gasteiger partial charge is 0.480 e. The van der Waals surface area contributed by atoms with Crippen molar-refractivity contribution in [3.05, 3.63) is 12.2 Å². The number of nitrogens with one attached hydrogen (secondary N) is 1. The summed E-state index contributed by atoms with van der Waals surface area (Å²) in [4.78, 5) is 12.5. The van der Waals surface area contributed by atoms with Gasteiger partial charge in [-0.2, -0.15) is 0 Å². The lowest BCUT2D eigenvalue weighted by Gasteiger charge is -2.42. The van der Waals surface area contributed by atoms with Crippen LogP contribution in [0, 0.1) is 0 Å².